The van der Waals surface area contributed by atoms with Crippen LogP contribution in [0.25, 0.3) is 0 Å². The first kappa shape index (κ1) is 14.8. The van der Waals surface area contributed by atoms with Crippen LogP contribution in [0.2, 0.25) is 0 Å². The second-order valence-corrected chi connectivity index (χ2v) is 4.69. The Balaban J connectivity index is 1.68. The fraction of sp³-hybridized carbons (Fsp3) is 0.250. The maximum atomic E-state index is 11.6. The maximum Gasteiger partial charge on any atom is 0.355 e. The quantitative estimate of drug-likeness (QED) is 0.796. The summed E-state index contributed by atoms with van der Waals surface area (Å²) >= 11 is 0. The van der Waals surface area contributed by atoms with E-state index in [4.69, 9.17) is 4.74 Å². The number of aromatic amines is 1. The molecule has 2 N–H and O–H groups in total. The average Bonchev–Trinajstić information content (AvgIpc) is 3.01. The Bertz CT molecular complexity index is 606. The molecule has 1 heterocycles. The largest absolute Gasteiger partial charge is 0.451 e. The molecule has 1 aromatic heterocycles. The standard InChI is InChI=1S/C16H18N2O3/c1-12-5-2-3-6-13(12)8-10-18-15(19)11-21-16(20)14-7-4-9-17-14/h2-7,9,17H,8,10-11H2,1H3,(H,18,19). The van der Waals surface area contributed by atoms with Gasteiger partial charge in [0, 0.05) is 12.7 Å². The van der Waals surface area contributed by atoms with E-state index in [9.17, 15) is 9.59 Å². The number of aromatic nitrogens is 1. The Labute approximate surface area is 123 Å². The molecule has 1 aromatic carbocycles. The fourth-order valence-electron chi connectivity index (χ4n) is 1.94. The molecule has 2 rings (SSSR count). The van der Waals surface area contributed by atoms with Gasteiger partial charge in [0.1, 0.15) is 5.69 Å². The number of amides is 1. The molecule has 0 atom stereocenters. The van der Waals surface area contributed by atoms with E-state index in [0.717, 1.165) is 6.42 Å². The Kier molecular flexibility index (Phi) is 5.15. The first-order chi connectivity index (χ1) is 10.2. The summed E-state index contributed by atoms with van der Waals surface area (Å²) in [4.78, 5) is 25.8. The molecule has 0 aliphatic carbocycles. The third-order valence-electron chi connectivity index (χ3n) is 3.13. The van der Waals surface area contributed by atoms with Gasteiger partial charge in [0.2, 0.25) is 0 Å². The molecule has 0 aliphatic rings. The molecule has 0 saturated heterocycles. The first-order valence-corrected chi connectivity index (χ1v) is 6.78. The molecule has 0 unspecified atom stereocenters. The molecule has 110 valence electrons. The van der Waals surface area contributed by atoms with Gasteiger partial charge in [0.15, 0.2) is 6.61 Å². The molecular formula is C16H18N2O3. The number of carbonyl (C=O) groups excluding carboxylic acids is 2. The van der Waals surface area contributed by atoms with Gasteiger partial charge in [-0.15, -0.1) is 0 Å². The van der Waals surface area contributed by atoms with Crippen LogP contribution in [-0.4, -0.2) is 30.0 Å². The van der Waals surface area contributed by atoms with Gasteiger partial charge < -0.3 is 15.0 Å². The number of nitrogens with one attached hydrogen (secondary N) is 2. The summed E-state index contributed by atoms with van der Waals surface area (Å²) in [6.07, 6.45) is 2.38. The molecule has 5 nitrogen and oxygen atoms in total. The predicted octanol–water partition coefficient (Wildman–Crippen LogP) is 1.84. The molecule has 0 aliphatic heterocycles. The van der Waals surface area contributed by atoms with E-state index in [-0.39, 0.29) is 12.5 Å². The molecule has 0 spiro atoms. The number of H-pyrrole nitrogens is 1. The van der Waals surface area contributed by atoms with Crippen LogP contribution in [0.5, 0.6) is 0 Å². The third kappa shape index (κ3) is 4.49. The molecule has 21 heavy (non-hydrogen) atoms. The second-order valence-electron chi connectivity index (χ2n) is 4.69. The van der Waals surface area contributed by atoms with Crippen LogP contribution in [-0.2, 0) is 16.0 Å². The van der Waals surface area contributed by atoms with E-state index in [2.05, 4.69) is 10.3 Å². The molecule has 0 fully saturated rings. The summed E-state index contributed by atoms with van der Waals surface area (Å²) in [5.74, 6) is -0.836. The van der Waals surface area contributed by atoms with Crippen molar-refractivity contribution in [2.45, 2.75) is 13.3 Å². The van der Waals surface area contributed by atoms with E-state index < -0.39 is 5.97 Å². The van der Waals surface area contributed by atoms with E-state index in [1.807, 2.05) is 31.2 Å². The van der Waals surface area contributed by atoms with Gasteiger partial charge in [-0.1, -0.05) is 24.3 Å². The van der Waals surface area contributed by atoms with Crippen molar-refractivity contribution in [2.75, 3.05) is 13.2 Å². The fourth-order valence-corrected chi connectivity index (χ4v) is 1.94. The number of esters is 1. The Morgan fingerprint density at radius 1 is 1.19 bits per heavy atom. The number of hydrogen-bond acceptors (Lipinski definition) is 3. The van der Waals surface area contributed by atoms with Crippen LogP contribution in [0.1, 0.15) is 21.6 Å². The highest BCUT2D eigenvalue weighted by atomic mass is 16.5. The topological polar surface area (TPSA) is 71.2 Å². The van der Waals surface area contributed by atoms with E-state index in [1.54, 1.807) is 18.3 Å². The third-order valence-corrected chi connectivity index (χ3v) is 3.13. The van der Waals surface area contributed by atoms with Gasteiger partial charge in [0.25, 0.3) is 5.91 Å². The lowest BCUT2D eigenvalue weighted by Gasteiger charge is -2.07. The highest BCUT2D eigenvalue weighted by Gasteiger charge is 2.10. The Morgan fingerprint density at radius 3 is 2.71 bits per heavy atom. The summed E-state index contributed by atoms with van der Waals surface area (Å²) < 4.78 is 4.89. The molecule has 2 aromatic rings. The number of rotatable bonds is 6. The van der Waals surface area contributed by atoms with E-state index >= 15 is 0 Å². The highest BCUT2D eigenvalue weighted by molar-refractivity contribution is 5.89. The molecule has 0 bridgehead atoms. The molecule has 5 heteroatoms. The zero-order valence-electron chi connectivity index (χ0n) is 11.9. The van der Waals surface area contributed by atoms with Gasteiger partial charge >= 0.3 is 5.97 Å². The number of aryl methyl sites for hydroxylation is 1. The number of carbonyl (C=O) groups is 2. The lowest BCUT2D eigenvalue weighted by Crippen LogP contribution is -2.30. The summed E-state index contributed by atoms with van der Waals surface area (Å²) in [7, 11) is 0. The van der Waals surface area contributed by atoms with Crippen LogP contribution < -0.4 is 5.32 Å². The molecular weight excluding hydrogens is 268 g/mol. The van der Waals surface area contributed by atoms with Crippen LogP contribution in [0.15, 0.2) is 42.6 Å². The van der Waals surface area contributed by atoms with Gasteiger partial charge in [-0.05, 0) is 36.6 Å². The van der Waals surface area contributed by atoms with Crippen molar-refractivity contribution in [2.24, 2.45) is 0 Å². The second kappa shape index (κ2) is 7.28. The van der Waals surface area contributed by atoms with Crippen molar-refractivity contribution in [1.29, 1.82) is 0 Å². The minimum Gasteiger partial charge on any atom is -0.451 e. The van der Waals surface area contributed by atoms with E-state index in [0.29, 0.717) is 12.2 Å². The van der Waals surface area contributed by atoms with Crippen molar-refractivity contribution in [1.82, 2.24) is 10.3 Å². The molecule has 0 saturated carbocycles. The van der Waals surface area contributed by atoms with Gasteiger partial charge in [-0.25, -0.2) is 4.79 Å². The number of benzene rings is 1. The zero-order valence-corrected chi connectivity index (χ0v) is 11.9. The van der Waals surface area contributed by atoms with Crippen LogP contribution >= 0.6 is 0 Å². The summed E-state index contributed by atoms with van der Waals surface area (Å²) in [5, 5.41) is 2.73. The Hall–Kier alpha value is -2.56. The lowest BCUT2D eigenvalue weighted by atomic mass is 10.1. The Morgan fingerprint density at radius 2 is 2.00 bits per heavy atom. The van der Waals surface area contributed by atoms with Crippen molar-refractivity contribution in [3.8, 4) is 0 Å². The molecule has 1 amide bonds. The number of ether oxygens (including phenoxy) is 1. The van der Waals surface area contributed by atoms with Gasteiger partial charge in [0.05, 0.1) is 0 Å². The lowest BCUT2D eigenvalue weighted by molar-refractivity contribution is -0.124. The van der Waals surface area contributed by atoms with Crippen LogP contribution in [0.3, 0.4) is 0 Å². The number of hydrogen-bond donors (Lipinski definition) is 2. The normalized spacial score (nSPS) is 10.1. The summed E-state index contributed by atoms with van der Waals surface area (Å²) in [6.45, 7) is 2.28. The van der Waals surface area contributed by atoms with Crippen molar-refractivity contribution in [3.63, 3.8) is 0 Å². The monoisotopic (exact) mass is 286 g/mol. The minimum atomic E-state index is -0.533. The smallest absolute Gasteiger partial charge is 0.355 e. The molecule has 0 radical (unpaired) electrons. The summed E-state index contributed by atoms with van der Waals surface area (Å²) in [5.41, 5.74) is 2.73. The predicted molar refractivity (Wildman–Crippen MR) is 79.0 cm³/mol. The SMILES string of the molecule is Cc1ccccc1CCNC(=O)COC(=O)c1ccc[nH]1. The van der Waals surface area contributed by atoms with Crippen molar-refractivity contribution >= 4 is 11.9 Å². The van der Waals surface area contributed by atoms with Crippen LogP contribution in [0.4, 0.5) is 0 Å². The summed E-state index contributed by atoms with van der Waals surface area (Å²) in [6, 6.07) is 11.3. The van der Waals surface area contributed by atoms with E-state index in [1.165, 1.54) is 11.1 Å². The van der Waals surface area contributed by atoms with Crippen molar-refractivity contribution < 1.29 is 14.3 Å². The first-order valence-electron chi connectivity index (χ1n) is 6.78. The highest BCUT2D eigenvalue weighted by Crippen LogP contribution is 2.06. The minimum absolute atomic E-state index is 0.272. The van der Waals surface area contributed by atoms with Crippen molar-refractivity contribution in [3.05, 3.63) is 59.4 Å². The zero-order chi connectivity index (χ0) is 15.1. The van der Waals surface area contributed by atoms with Crippen LogP contribution in [0, 0.1) is 6.92 Å². The van der Waals surface area contributed by atoms with Gasteiger partial charge in [-0.2, -0.15) is 0 Å². The average molecular weight is 286 g/mol. The maximum absolute atomic E-state index is 11.6. The van der Waals surface area contributed by atoms with Gasteiger partial charge in [-0.3, -0.25) is 4.79 Å².